The molecule has 0 amide bonds. The predicted molar refractivity (Wildman–Crippen MR) is 65.4 cm³/mol. The number of ether oxygens (including phenoxy) is 1. The lowest BCUT2D eigenvalue weighted by molar-refractivity contribution is -0.130. The molecule has 0 spiro atoms. The van der Waals surface area contributed by atoms with E-state index in [0.717, 1.165) is 5.56 Å². The third kappa shape index (κ3) is 2.93. The molecule has 0 bridgehead atoms. The van der Waals surface area contributed by atoms with Gasteiger partial charge in [-0.1, -0.05) is 30.3 Å². The number of nitrogens with zero attached hydrogens (tertiary/aromatic N) is 2. The van der Waals surface area contributed by atoms with Crippen LogP contribution in [0.4, 0.5) is 0 Å². The van der Waals surface area contributed by atoms with Gasteiger partial charge in [-0.25, -0.2) is 9.79 Å². The van der Waals surface area contributed by atoms with Crippen LogP contribution in [0.15, 0.2) is 47.2 Å². The lowest BCUT2D eigenvalue weighted by Crippen LogP contribution is -2.08. The Morgan fingerprint density at radius 1 is 1.29 bits per heavy atom. The molecule has 1 aromatic carbocycles. The van der Waals surface area contributed by atoms with E-state index >= 15 is 0 Å². The fourth-order valence-corrected chi connectivity index (χ4v) is 1.53. The molecular weight excluding hydrogens is 216 g/mol. The van der Waals surface area contributed by atoms with Gasteiger partial charge in [0.25, 0.3) is 0 Å². The molecule has 0 saturated heterocycles. The van der Waals surface area contributed by atoms with E-state index in [1.807, 2.05) is 44.4 Å². The standard InChI is InChI=1S/C13H14N2O2/c1-15(2)9-11-13(16)17-12(14-11)8-10-6-4-3-5-7-10/h3-7,9H,8H2,1-2H3/b11-9-. The van der Waals surface area contributed by atoms with E-state index < -0.39 is 0 Å². The summed E-state index contributed by atoms with van der Waals surface area (Å²) in [4.78, 5) is 17.4. The predicted octanol–water partition coefficient (Wildman–Crippen LogP) is 1.59. The molecule has 1 aliphatic rings. The topological polar surface area (TPSA) is 41.9 Å². The highest BCUT2D eigenvalue weighted by atomic mass is 16.6. The van der Waals surface area contributed by atoms with E-state index in [1.165, 1.54) is 0 Å². The molecule has 0 aliphatic carbocycles. The number of hydrogen-bond donors (Lipinski definition) is 0. The molecule has 0 saturated carbocycles. The SMILES string of the molecule is CN(C)/C=C1\N=C(Cc2ccccc2)OC1=O. The van der Waals surface area contributed by atoms with Crippen LogP contribution in [0, 0.1) is 0 Å². The van der Waals surface area contributed by atoms with E-state index in [9.17, 15) is 4.79 Å². The molecule has 4 heteroatoms. The van der Waals surface area contributed by atoms with E-state index in [-0.39, 0.29) is 5.97 Å². The van der Waals surface area contributed by atoms with Crippen LogP contribution < -0.4 is 0 Å². The second-order valence-electron chi connectivity index (χ2n) is 4.04. The van der Waals surface area contributed by atoms with Crippen LogP contribution in [0.1, 0.15) is 5.56 Å². The summed E-state index contributed by atoms with van der Waals surface area (Å²) in [6.07, 6.45) is 2.19. The maximum atomic E-state index is 11.5. The molecule has 0 unspecified atom stereocenters. The fraction of sp³-hybridized carbons (Fsp3) is 0.231. The molecule has 0 radical (unpaired) electrons. The summed E-state index contributed by atoms with van der Waals surface area (Å²) >= 11 is 0. The number of aliphatic imine (C=N–C) groups is 1. The number of rotatable bonds is 3. The molecule has 0 N–H and O–H groups in total. The largest absolute Gasteiger partial charge is 0.406 e. The fourth-order valence-electron chi connectivity index (χ4n) is 1.53. The smallest absolute Gasteiger partial charge is 0.365 e. The van der Waals surface area contributed by atoms with Gasteiger partial charge in [0.2, 0.25) is 5.90 Å². The second-order valence-corrected chi connectivity index (χ2v) is 4.04. The second kappa shape index (κ2) is 4.82. The normalized spacial score (nSPS) is 16.9. The van der Waals surface area contributed by atoms with Crippen molar-refractivity contribution in [2.75, 3.05) is 14.1 Å². The number of carbonyl (C=O) groups is 1. The Kier molecular flexibility index (Phi) is 3.23. The van der Waals surface area contributed by atoms with Crippen molar-refractivity contribution < 1.29 is 9.53 Å². The van der Waals surface area contributed by atoms with Crippen LogP contribution >= 0.6 is 0 Å². The molecule has 88 valence electrons. The molecule has 1 aromatic rings. The summed E-state index contributed by atoms with van der Waals surface area (Å²) in [5, 5.41) is 0. The van der Waals surface area contributed by atoms with Gasteiger partial charge in [0.15, 0.2) is 5.70 Å². The van der Waals surface area contributed by atoms with Gasteiger partial charge in [0.05, 0.1) is 0 Å². The maximum absolute atomic E-state index is 11.5. The van der Waals surface area contributed by atoms with Crippen molar-refractivity contribution >= 4 is 11.9 Å². The average Bonchev–Trinajstić information content (AvgIpc) is 2.59. The number of carbonyl (C=O) groups excluding carboxylic acids is 1. The lowest BCUT2D eigenvalue weighted by atomic mass is 10.1. The number of cyclic esters (lactones) is 1. The van der Waals surface area contributed by atoms with Gasteiger partial charge in [0, 0.05) is 26.7 Å². The molecule has 2 rings (SSSR count). The van der Waals surface area contributed by atoms with Crippen LogP contribution in [-0.2, 0) is 16.0 Å². The zero-order valence-electron chi connectivity index (χ0n) is 9.88. The van der Waals surface area contributed by atoms with Crippen LogP contribution in [0.2, 0.25) is 0 Å². The van der Waals surface area contributed by atoms with Crippen molar-refractivity contribution in [3.05, 3.63) is 47.8 Å². The van der Waals surface area contributed by atoms with Crippen molar-refractivity contribution in [2.45, 2.75) is 6.42 Å². The first-order valence-corrected chi connectivity index (χ1v) is 5.37. The van der Waals surface area contributed by atoms with Gasteiger partial charge in [-0.15, -0.1) is 0 Å². The Labute approximate surface area is 100 Å². The van der Waals surface area contributed by atoms with Gasteiger partial charge >= 0.3 is 5.97 Å². The molecule has 1 aliphatic heterocycles. The Hall–Kier alpha value is -2.10. The number of benzene rings is 1. The summed E-state index contributed by atoms with van der Waals surface area (Å²) in [7, 11) is 3.68. The van der Waals surface area contributed by atoms with Gasteiger partial charge in [-0.2, -0.15) is 0 Å². The van der Waals surface area contributed by atoms with Crippen molar-refractivity contribution in [1.82, 2.24) is 4.90 Å². The van der Waals surface area contributed by atoms with Gasteiger partial charge in [-0.05, 0) is 5.56 Å². The first kappa shape index (κ1) is 11.4. The Morgan fingerprint density at radius 2 is 2.00 bits per heavy atom. The highest BCUT2D eigenvalue weighted by Gasteiger charge is 2.22. The first-order valence-electron chi connectivity index (χ1n) is 5.37. The molecule has 1 heterocycles. The van der Waals surface area contributed by atoms with Crippen molar-refractivity contribution in [3.63, 3.8) is 0 Å². The summed E-state index contributed by atoms with van der Waals surface area (Å²) < 4.78 is 5.09. The Morgan fingerprint density at radius 3 is 2.65 bits per heavy atom. The molecule has 17 heavy (non-hydrogen) atoms. The van der Waals surface area contributed by atoms with Crippen molar-refractivity contribution in [1.29, 1.82) is 0 Å². The van der Waals surface area contributed by atoms with Crippen molar-refractivity contribution in [3.8, 4) is 0 Å². The Balaban J connectivity index is 2.12. The van der Waals surface area contributed by atoms with Crippen LogP contribution in [-0.4, -0.2) is 30.9 Å². The maximum Gasteiger partial charge on any atom is 0.365 e. The first-order chi connectivity index (χ1) is 8.15. The zero-order valence-corrected chi connectivity index (χ0v) is 9.88. The quantitative estimate of drug-likeness (QED) is 0.585. The molecule has 0 aromatic heterocycles. The number of esters is 1. The summed E-state index contributed by atoms with van der Waals surface area (Å²) in [5.41, 5.74) is 1.42. The van der Waals surface area contributed by atoms with Crippen LogP contribution in [0.25, 0.3) is 0 Å². The van der Waals surface area contributed by atoms with Crippen LogP contribution in [0.5, 0.6) is 0 Å². The van der Waals surface area contributed by atoms with Gasteiger partial charge in [-0.3, -0.25) is 0 Å². The minimum absolute atomic E-state index is 0.348. The minimum atomic E-state index is -0.385. The Bertz CT molecular complexity index is 475. The van der Waals surface area contributed by atoms with E-state index in [2.05, 4.69) is 4.99 Å². The highest BCUT2D eigenvalue weighted by Crippen LogP contribution is 2.14. The van der Waals surface area contributed by atoms with E-state index in [4.69, 9.17) is 4.74 Å². The third-order valence-corrected chi connectivity index (χ3v) is 2.24. The average molecular weight is 230 g/mol. The summed E-state index contributed by atoms with van der Waals surface area (Å²) in [6, 6.07) is 9.80. The number of hydrogen-bond acceptors (Lipinski definition) is 4. The monoisotopic (exact) mass is 230 g/mol. The van der Waals surface area contributed by atoms with Gasteiger partial charge < -0.3 is 9.64 Å². The highest BCUT2D eigenvalue weighted by molar-refractivity contribution is 6.04. The summed E-state index contributed by atoms with van der Waals surface area (Å²) in [6.45, 7) is 0. The zero-order chi connectivity index (χ0) is 12.3. The van der Waals surface area contributed by atoms with E-state index in [0.29, 0.717) is 18.0 Å². The lowest BCUT2D eigenvalue weighted by Gasteiger charge is -2.02. The molecule has 0 atom stereocenters. The van der Waals surface area contributed by atoms with Crippen LogP contribution in [0.3, 0.4) is 0 Å². The molecular formula is C13H14N2O2. The van der Waals surface area contributed by atoms with Gasteiger partial charge in [0.1, 0.15) is 0 Å². The molecule has 0 fully saturated rings. The van der Waals surface area contributed by atoms with E-state index in [1.54, 1.807) is 11.1 Å². The summed E-state index contributed by atoms with van der Waals surface area (Å²) in [5.74, 6) is 0.0685. The van der Waals surface area contributed by atoms with Crippen molar-refractivity contribution in [2.24, 2.45) is 4.99 Å². The molecule has 4 nitrogen and oxygen atoms in total. The minimum Gasteiger partial charge on any atom is -0.406 e. The third-order valence-electron chi connectivity index (χ3n) is 2.24.